The van der Waals surface area contributed by atoms with Crippen molar-refractivity contribution in [2.45, 2.75) is 13.8 Å². The van der Waals surface area contributed by atoms with Crippen molar-refractivity contribution < 1.29 is 4.79 Å². The quantitative estimate of drug-likeness (QED) is 0.659. The topological polar surface area (TPSA) is 52.9 Å². The Kier molecular flexibility index (Phi) is 2.65. The molecule has 1 rings (SSSR count). The summed E-state index contributed by atoms with van der Waals surface area (Å²) in [7, 11) is 0. The number of rotatable bonds is 1. The minimum Gasteiger partial charge on any atom is -0.313 e. The Hall–Kier alpha value is -1.82. The van der Waals surface area contributed by atoms with Gasteiger partial charge in [-0.2, -0.15) is 5.26 Å². The number of carbonyl (C=O) groups excluding carboxylic acids is 1. The van der Waals surface area contributed by atoms with Crippen LogP contribution in [0, 0.1) is 25.2 Å². The maximum Gasteiger partial charge on any atom is 0.326 e. The number of anilines is 1. The lowest BCUT2D eigenvalue weighted by Gasteiger charge is -2.05. The molecule has 1 amide bonds. The molecule has 0 aromatic heterocycles. The van der Waals surface area contributed by atoms with E-state index < -0.39 is 5.91 Å². The number of benzene rings is 1. The van der Waals surface area contributed by atoms with Crippen molar-refractivity contribution in [3.05, 3.63) is 29.3 Å². The Bertz CT molecular complexity index is 377. The molecule has 3 nitrogen and oxygen atoms in total. The summed E-state index contributed by atoms with van der Waals surface area (Å²) in [5.74, 6) is -0.632. The van der Waals surface area contributed by atoms with E-state index in [1.54, 1.807) is 6.07 Å². The fraction of sp³-hybridized carbons (Fsp3) is 0.200. The standard InChI is InChI=1S/C10H10N2O/c1-7-3-4-9(8(2)5-7)12-10(13)6-11/h3-5H,1-2H3,(H,12,13). The Morgan fingerprint density at radius 3 is 2.69 bits per heavy atom. The van der Waals surface area contributed by atoms with E-state index in [2.05, 4.69) is 5.32 Å². The molecule has 1 aromatic carbocycles. The summed E-state index contributed by atoms with van der Waals surface area (Å²) in [6, 6.07) is 7.14. The number of carbonyl (C=O) groups is 1. The van der Waals surface area contributed by atoms with Gasteiger partial charge < -0.3 is 5.32 Å². The number of hydrogen-bond acceptors (Lipinski definition) is 2. The van der Waals surface area contributed by atoms with Gasteiger partial charge in [0.2, 0.25) is 0 Å². The molecule has 0 saturated carbocycles. The number of amides is 1. The van der Waals surface area contributed by atoms with Crippen LogP contribution in [0.3, 0.4) is 0 Å². The molecule has 1 N–H and O–H groups in total. The number of aryl methyl sites for hydroxylation is 2. The molecule has 0 saturated heterocycles. The van der Waals surface area contributed by atoms with Crippen LogP contribution in [0.1, 0.15) is 11.1 Å². The molecule has 0 heterocycles. The zero-order valence-corrected chi connectivity index (χ0v) is 7.59. The van der Waals surface area contributed by atoms with Gasteiger partial charge in [0.05, 0.1) is 0 Å². The summed E-state index contributed by atoms with van der Waals surface area (Å²) < 4.78 is 0. The maximum atomic E-state index is 10.7. The van der Waals surface area contributed by atoms with Gasteiger partial charge in [-0.25, -0.2) is 0 Å². The van der Waals surface area contributed by atoms with Crippen LogP contribution in [0.25, 0.3) is 0 Å². The molecular weight excluding hydrogens is 164 g/mol. The molecular formula is C10H10N2O. The van der Waals surface area contributed by atoms with Gasteiger partial charge in [0.15, 0.2) is 6.07 Å². The van der Waals surface area contributed by atoms with Crippen LogP contribution in [0.5, 0.6) is 0 Å². The van der Waals surface area contributed by atoms with Crippen LogP contribution in [0.15, 0.2) is 18.2 Å². The Morgan fingerprint density at radius 2 is 2.15 bits per heavy atom. The smallest absolute Gasteiger partial charge is 0.313 e. The van der Waals surface area contributed by atoms with Crippen LogP contribution < -0.4 is 5.32 Å². The third-order valence-corrected chi connectivity index (χ3v) is 1.73. The van der Waals surface area contributed by atoms with E-state index in [1.165, 1.54) is 6.07 Å². The molecule has 0 bridgehead atoms. The highest BCUT2D eigenvalue weighted by Crippen LogP contribution is 2.15. The SMILES string of the molecule is Cc1ccc(NC(=O)C#N)c(C)c1. The van der Waals surface area contributed by atoms with Crippen LogP contribution >= 0.6 is 0 Å². The van der Waals surface area contributed by atoms with Crippen molar-refractivity contribution in [1.29, 1.82) is 5.26 Å². The first-order chi connectivity index (χ1) is 6.13. The van der Waals surface area contributed by atoms with E-state index in [-0.39, 0.29) is 0 Å². The van der Waals surface area contributed by atoms with E-state index >= 15 is 0 Å². The van der Waals surface area contributed by atoms with Gasteiger partial charge in [-0.15, -0.1) is 0 Å². The van der Waals surface area contributed by atoms with Gasteiger partial charge >= 0.3 is 5.91 Å². The van der Waals surface area contributed by atoms with E-state index in [9.17, 15) is 4.79 Å². The predicted octanol–water partition coefficient (Wildman–Crippen LogP) is 1.77. The minimum absolute atomic E-state index is 0.632. The molecule has 3 heteroatoms. The minimum atomic E-state index is -0.632. The monoisotopic (exact) mass is 174 g/mol. The first-order valence-corrected chi connectivity index (χ1v) is 3.92. The van der Waals surface area contributed by atoms with Crippen LogP contribution in [0.4, 0.5) is 5.69 Å². The lowest BCUT2D eigenvalue weighted by Crippen LogP contribution is -2.09. The van der Waals surface area contributed by atoms with E-state index in [4.69, 9.17) is 5.26 Å². The van der Waals surface area contributed by atoms with Crippen molar-refractivity contribution in [3.8, 4) is 6.07 Å². The Morgan fingerprint density at radius 1 is 1.46 bits per heavy atom. The zero-order chi connectivity index (χ0) is 9.84. The van der Waals surface area contributed by atoms with Crippen molar-refractivity contribution in [2.75, 3.05) is 5.32 Å². The summed E-state index contributed by atoms with van der Waals surface area (Å²) in [5, 5.41) is 10.8. The normalized spacial score (nSPS) is 9.00. The average molecular weight is 174 g/mol. The number of nitrogens with one attached hydrogen (secondary N) is 1. The van der Waals surface area contributed by atoms with Crippen molar-refractivity contribution in [2.24, 2.45) is 0 Å². The fourth-order valence-electron chi connectivity index (χ4n) is 1.10. The molecule has 0 radical (unpaired) electrons. The van der Waals surface area contributed by atoms with E-state index in [1.807, 2.05) is 26.0 Å². The molecule has 66 valence electrons. The summed E-state index contributed by atoms with van der Waals surface area (Å²) in [6.07, 6.45) is 0. The van der Waals surface area contributed by atoms with Crippen LogP contribution in [-0.2, 0) is 4.79 Å². The van der Waals surface area contributed by atoms with Crippen LogP contribution in [-0.4, -0.2) is 5.91 Å². The number of nitrogens with zero attached hydrogens (tertiary/aromatic N) is 1. The molecule has 0 atom stereocenters. The second kappa shape index (κ2) is 3.72. The molecule has 13 heavy (non-hydrogen) atoms. The van der Waals surface area contributed by atoms with Gasteiger partial charge in [0.25, 0.3) is 0 Å². The van der Waals surface area contributed by atoms with Gasteiger partial charge in [0, 0.05) is 5.69 Å². The predicted molar refractivity (Wildman–Crippen MR) is 50.2 cm³/mol. The third kappa shape index (κ3) is 2.31. The molecule has 0 spiro atoms. The first-order valence-electron chi connectivity index (χ1n) is 3.92. The second-order valence-corrected chi connectivity index (χ2v) is 2.88. The molecule has 0 fully saturated rings. The number of nitriles is 1. The maximum absolute atomic E-state index is 10.7. The van der Waals surface area contributed by atoms with Gasteiger partial charge in [0.1, 0.15) is 0 Å². The van der Waals surface area contributed by atoms with Gasteiger partial charge in [-0.05, 0) is 25.5 Å². The zero-order valence-electron chi connectivity index (χ0n) is 7.59. The van der Waals surface area contributed by atoms with Crippen molar-refractivity contribution in [1.82, 2.24) is 0 Å². The lowest BCUT2D eigenvalue weighted by atomic mass is 10.1. The highest BCUT2D eigenvalue weighted by Gasteiger charge is 2.01. The molecule has 0 aliphatic rings. The highest BCUT2D eigenvalue weighted by molar-refractivity contribution is 6.02. The lowest BCUT2D eigenvalue weighted by molar-refractivity contribution is -0.111. The van der Waals surface area contributed by atoms with E-state index in [0.717, 1.165) is 11.1 Å². The average Bonchev–Trinajstić information content (AvgIpc) is 2.09. The fourth-order valence-corrected chi connectivity index (χ4v) is 1.10. The molecule has 0 aliphatic heterocycles. The second-order valence-electron chi connectivity index (χ2n) is 2.88. The Labute approximate surface area is 77.0 Å². The van der Waals surface area contributed by atoms with E-state index in [0.29, 0.717) is 5.69 Å². The Balaban J connectivity index is 2.91. The number of hydrogen-bond donors (Lipinski definition) is 1. The summed E-state index contributed by atoms with van der Waals surface area (Å²) >= 11 is 0. The highest BCUT2D eigenvalue weighted by atomic mass is 16.1. The summed E-state index contributed by atoms with van der Waals surface area (Å²) in [6.45, 7) is 3.86. The van der Waals surface area contributed by atoms with Gasteiger partial charge in [-0.1, -0.05) is 17.7 Å². The third-order valence-electron chi connectivity index (χ3n) is 1.73. The van der Waals surface area contributed by atoms with Crippen molar-refractivity contribution >= 4 is 11.6 Å². The largest absolute Gasteiger partial charge is 0.326 e. The summed E-state index contributed by atoms with van der Waals surface area (Å²) in [5.41, 5.74) is 2.79. The van der Waals surface area contributed by atoms with Gasteiger partial charge in [-0.3, -0.25) is 4.79 Å². The molecule has 0 unspecified atom stereocenters. The summed E-state index contributed by atoms with van der Waals surface area (Å²) in [4.78, 5) is 10.7. The molecule has 1 aromatic rings. The first kappa shape index (κ1) is 9.27. The van der Waals surface area contributed by atoms with Crippen LogP contribution in [0.2, 0.25) is 0 Å². The molecule has 0 aliphatic carbocycles. The van der Waals surface area contributed by atoms with Crippen molar-refractivity contribution in [3.63, 3.8) is 0 Å².